The first kappa shape index (κ1) is 27.4. The van der Waals surface area contributed by atoms with Gasteiger partial charge in [0, 0.05) is 12.6 Å². The van der Waals surface area contributed by atoms with Crippen molar-refractivity contribution in [3.63, 3.8) is 0 Å². The summed E-state index contributed by atoms with van der Waals surface area (Å²) < 4.78 is 26.4. The van der Waals surface area contributed by atoms with Crippen molar-refractivity contribution in [2.24, 2.45) is 0 Å². The van der Waals surface area contributed by atoms with E-state index in [1.165, 1.54) is 4.90 Å². The molecule has 1 atom stereocenters. The first-order valence-electron chi connectivity index (χ1n) is 11.7. The molecule has 0 spiro atoms. The summed E-state index contributed by atoms with van der Waals surface area (Å²) in [6, 6.07) is 14.1. The lowest BCUT2D eigenvalue weighted by Crippen LogP contribution is -2.53. The van der Waals surface area contributed by atoms with E-state index in [0.29, 0.717) is 12.1 Å². The van der Waals surface area contributed by atoms with Crippen LogP contribution in [0, 0.1) is 6.92 Å². The van der Waals surface area contributed by atoms with Gasteiger partial charge in [-0.25, -0.2) is 8.42 Å². The van der Waals surface area contributed by atoms with Crippen molar-refractivity contribution in [3.8, 4) is 0 Å². The number of carbonyl (C=O) groups is 2. The van der Waals surface area contributed by atoms with Crippen molar-refractivity contribution in [1.82, 2.24) is 10.2 Å². The number of sulfonamides is 1. The van der Waals surface area contributed by atoms with E-state index in [9.17, 15) is 18.0 Å². The maximum Gasteiger partial charge on any atom is 0.244 e. The summed E-state index contributed by atoms with van der Waals surface area (Å²) in [5.74, 6) is -0.686. The molecule has 0 aromatic heterocycles. The van der Waals surface area contributed by atoms with Crippen molar-refractivity contribution < 1.29 is 18.0 Å². The molecule has 186 valence electrons. The van der Waals surface area contributed by atoms with E-state index in [1.807, 2.05) is 71.0 Å². The Morgan fingerprint density at radius 3 is 2.15 bits per heavy atom. The topological polar surface area (TPSA) is 86.8 Å². The first-order valence-corrected chi connectivity index (χ1v) is 13.5. The highest BCUT2D eigenvalue weighted by molar-refractivity contribution is 7.92. The van der Waals surface area contributed by atoms with Crippen LogP contribution in [0.2, 0.25) is 0 Å². The van der Waals surface area contributed by atoms with Gasteiger partial charge in [-0.05, 0) is 56.9 Å². The molecule has 0 bridgehead atoms. The van der Waals surface area contributed by atoms with Gasteiger partial charge in [-0.2, -0.15) is 0 Å². The fourth-order valence-electron chi connectivity index (χ4n) is 3.82. The Labute approximate surface area is 204 Å². The highest BCUT2D eigenvalue weighted by Gasteiger charge is 2.31. The number of benzene rings is 2. The number of carbonyl (C=O) groups excluding carboxylic acids is 2. The molecular weight excluding hydrogens is 450 g/mol. The number of aryl methyl sites for hydroxylation is 2. The normalized spacial score (nSPS) is 12.3. The van der Waals surface area contributed by atoms with Crippen molar-refractivity contribution >= 4 is 27.5 Å². The fraction of sp³-hybridized carbons (Fsp3) is 0.462. The van der Waals surface area contributed by atoms with Crippen LogP contribution >= 0.6 is 0 Å². The molecule has 7 nitrogen and oxygen atoms in total. The van der Waals surface area contributed by atoms with Gasteiger partial charge in [0.05, 0.1) is 11.9 Å². The summed E-state index contributed by atoms with van der Waals surface area (Å²) in [6.45, 7) is 9.37. The van der Waals surface area contributed by atoms with Crippen molar-refractivity contribution in [2.45, 2.75) is 66.1 Å². The number of anilines is 1. The van der Waals surface area contributed by atoms with Gasteiger partial charge >= 0.3 is 0 Å². The molecule has 8 heteroatoms. The van der Waals surface area contributed by atoms with Gasteiger partial charge in [0.15, 0.2) is 0 Å². The first-order chi connectivity index (χ1) is 16.0. The summed E-state index contributed by atoms with van der Waals surface area (Å²) >= 11 is 0. The minimum atomic E-state index is -3.73. The molecule has 1 unspecified atom stereocenters. The van der Waals surface area contributed by atoms with Gasteiger partial charge in [0.2, 0.25) is 21.8 Å². The smallest absolute Gasteiger partial charge is 0.244 e. The van der Waals surface area contributed by atoms with Crippen LogP contribution in [0.4, 0.5) is 5.69 Å². The van der Waals surface area contributed by atoms with Crippen molar-refractivity contribution in [2.75, 3.05) is 17.1 Å². The van der Waals surface area contributed by atoms with Crippen LogP contribution in [0.1, 0.15) is 50.8 Å². The molecule has 1 N–H and O–H groups in total. The van der Waals surface area contributed by atoms with Crippen LogP contribution in [-0.4, -0.2) is 50.0 Å². The molecule has 2 aromatic rings. The second-order valence-corrected chi connectivity index (χ2v) is 10.8. The molecule has 0 aliphatic heterocycles. The van der Waals surface area contributed by atoms with Crippen LogP contribution in [0.3, 0.4) is 0 Å². The third-order valence-electron chi connectivity index (χ3n) is 5.56. The lowest BCUT2D eigenvalue weighted by atomic mass is 10.1. The lowest BCUT2D eigenvalue weighted by molar-refractivity contribution is -0.140. The third-order valence-corrected chi connectivity index (χ3v) is 6.70. The highest BCUT2D eigenvalue weighted by Crippen LogP contribution is 2.21. The maximum absolute atomic E-state index is 13.6. The van der Waals surface area contributed by atoms with Crippen molar-refractivity contribution in [1.29, 1.82) is 0 Å². The molecule has 0 heterocycles. The minimum Gasteiger partial charge on any atom is -0.352 e. The number of amides is 2. The summed E-state index contributed by atoms with van der Waals surface area (Å²) in [6.07, 6.45) is 2.31. The van der Waals surface area contributed by atoms with E-state index >= 15 is 0 Å². The maximum atomic E-state index is 13.6. The van der Waals surface area contributed by atoms with Gasteiger partial charge in [-0.1, -0.05) is 55.8 Å². The molecule has 2 rings (SSSR count). The monoisotopic (exact) mass is 487 g/mol. The Morgan fingerprint density at radius 2 is 1.65 bits per heavy atom. The standard InChI is InChI=1S/C26H37N3O4S/c1-7-21-12-14-23(15-13-21)29(34(6,32)33)18-25(30)28(17-22-11-9-10-20(5)16-22)24(8-2)26(31)27-19(3)4/h9-16,19,24H,7-8,17-18H2,1-6H3,(H,27,31). The Balaban J connectivity index is 2.43. The molecule has 2 amide bonds. The van der Waals surface area contributed by atoms with Crippen LogP contribution < -0.4 is 9.62 Å². The number of rotatable bonds is 11. The zero-order valence-electron chi connectivity index (χ0n) is 21.0. The zero-order valence-corrected chi connectivity index (χ0v) is 21.9. The molecule has 34 heavy (non-hydrogen) atoms. The predicted octanol–water partition coefficient (Wildman–Crippen LogP) is 3.66. The molecule has 2 aromatic carbocycles. The number of nitrogens with one attached hydrogen (secondary N) is 1. The third kappa shape index (κ3) is 7.58. The van der Waals surface area contributed by atoms with E-state index < -0.39 is 22.0 Å². The lowest BCUT2D eigenvalue weighted by Gasteiger charge is -2.33. The van der Waals surface area contributed by atoms with Gasteiger partial charge in [-0.15, -0.1) is 0 Å². The predicted molar refractivity (Wildman–Crippen MR) is 137 cm³/mol. The molecule has 0 fully saturated rings. The fourth-order valence-corrected chi connectivity index (χ4v) is 4.67. The number of hydrogen-bond donors (Lipinski definition) is 1. The van der Waals surface area contributed by atoms with Crippen LogP contribution in [0.15, 0.2) is 48.5 Å². The van der Waals surface area contributed by atoms with E-state index in [-0.39, 0.29) is 25.0 Å². The second-order valence-electron chi connectivity index (χ2n) is 8.89. The molecule has 0 saturated heterocycles. The Kier molecular flexibility index (Phi) is 9.67. The summed E-state index contributed by atoms with van der Waals surface area (Å²) in [4.78, 5) is 28.1. The minimum absolute atomic E-state index is 0.0814. The average molecular weight is 488 g/mol. The van der Waals surface area contributed by atoms with E-state index in [1.54, 1.807) is 12.1 Å². The summed E-state index contributed by atoms with van der Waals surface area (Å²) in [5, 5.41) is 2.89. The van der Waals surface area contributed by atoms with Crippen molar-refractivity contribution in [3.05, 3.63) is 65.2 Å². The average Bonchev–Trinajstić information content (AvgIpc) is 2.76. The Bertz CT molecular complexity index is 1080. The van der Waals surface area contributed by atoms with Crippen LogP contribution in [-0.2, 0) is 32.6 Å². The van der Waals surface area contributed by atoms with Crippen LogP contribution in [0.5, 0.6) is 0 Å². The second kappa shape index (κ2) is 12.0. The quantitative estimate of drug-likeness (QED) is 0.524. The molecule has 0 aliphatic rings. The molecule has 0 aliphatic carbocycles. The largest absolute Gasteiger partial charge is 0.352 e. The molecule has 0 saturated carbocycles. The van der Waals surface area contributed by atoms with Crippen LogP contribution in [0.25, 0.3) is 0 Å². The highest BCUT2D eigenvalue weighted by atomic mass is 32.2. The van der Waals surface area contributed by atoms with Gasteiger partial charge < -0.3 is 10.2 Å². The van der Waals surface area contributed by atoms with E-state index in [0.717, 1.165) is 33.7 Å². The van der Waals surface area contributed by atoms with Gasteiger partial charge in [0.1, 0.15) is 12.6 Å². The summed E-state index contributed by atoms with van der Waals surface area (Å²) in [5.41, 5.74) is 3.41. The van der Waals surface area contributed by atoms with Gasteiger partial charge in [-0.3, -0.25) is 13.9 Å². The number of nitrogens with zero attached hydrogens (tertiary/aromatic N) is 2. The van der Waals surface area contributed by atoms with E-state index in [2.05, 4.69) is 5.32 Å². The molecular formula is C26H37N3O4S. The number of hydrogen-bond acceptors (Lipinski definition) is 4. The Hall–Kier alpha value is -2.87. The summed E-state index contributed by atoms with van der Waals surface area (Å²) in [7, 11) is -3.73. The van der Waals surface area contributed by atoms with E-state index in [4.69, 9.17) is 0 Å². The zero-order chi connectivity index (χ0) is 25.5. The van der Waals surface area contributed by atoms with Gasteiger partial charge in [0.25, 0.3) is 0 Å². The SMILES string of the molecule is CCc1ccc(N(CC(=O)N(Cc2cccc(C)c2)C(CC)C(=O)NC(C)C)S(C)(=O)=O)cc1. The molecule has 0 radical (unpaired) electrons. The Morgan fingerprint density at radius 1 is 1.00 bits per heavy atom.